The Morgan fingerprint density at radius 2 is 2.00 bits per heavy atom. The number of rotatable bonds is 4. The summed E-state index contributed by atoms with van der Waals surface area (Å²) >= 11 is 0. The first-order valence-electron chi connectivity index (χ1n) is 4.14. The van der Waals surface area contributed by atoms with Crippen molar-refractivity contribution in [2.75, 3.05) is 5.43 Å². The zero-order valence-electron chi connectivity index (χ0n) is 8.16. The fourth-order valence-corrected chi connectivity index (χ4v) is 0.848. The molecule has 1 rings (SSSR count). The Bertz CT molecular complexity index is 437. The van der Waals surface area contributed by atoms with E-state index >= 15 is 0 Å². The standard InChI is InChI=1S/C8H10FN7/c9-4-3-14-2-1-5(4)15-16-6(7(10)11)8(12)13/h1-3H,(H3,10,11)(H3,12,13)(H,14,15). The summed E-state index contributed by atoms with van der Waals surface area (Å²) in [4.78, 5) is 3.54. The molecule has 0 spiro atoms. The molecule has 84 valence electrons. The summed E-state index contributed by atoms with van der Waals surface area (Å²) < 4.78 is 13.1. The number of hydrogen-bond donors (Lipinski definition) is 5. The Kier molecular flexibility index (Phi) is 3.49. The number of aromatic nitrogens is 1. The largest absolute Gasteiger partial charge is 0.382 e. The average molecular weight is 223 g/mol. The molecule has 1 heterocycles. The molecule has 0 aliphatic heterocycles. The minimum atomic E-state index is -0.613. The Balaban J connectivity index is 2.90. The number of nitrogens with zero attached hydrogens (tertiary/aromatic N) is 2. The summed E-state index contributed by atoms with van der Waals surface area (Å²) in [5.41, 5.74) is 12.4. The third kappa shape index (κ3) is 2.74. The maximum Gasteiger partial charge on any atom is 0.166 e. The van der Waals surface area contributed by atoms with Crippen molar-refractivity contribution in [3.8, 4) is 0 Å². The van der Waals surface area contributed by atoms with Crippen LogP contribution >= 0.6 is 0 Å². The van der Waals surface area contributed by atoms with Crippen LogP contribution in [-0.2, 0) is 0 Å². The third-order valence-electron chi connectivity index (χ3n) is 1.57. The molecule has 0 saturated carbocycles. The van der Waals surface area contributed by atoms with Gasteiger partial charge in [-0.05, 0) is 6.07 Å². The van der Waals surface area contributed by atoms with Gasteiger partial charge in [0.05, 0.1) is 11.9 Å². The molecule has 7 N–H and O–H groups in total. The van der Waals surface area contributed by atoms with Crippen molar-refractivity contribution in [2.24, 2.45) is 16.6 Å². The van der Waals surface area contributed by atoms with Gasteiger partial charge in [0.15, 0.2) is 11.5 Å². The average Bonchev–Trinajstić information content (AvgIpc) is 2.20. The maximum absolute atomic E-state index is 13.1. The quantitative estimate of drug-likeness (QED) is 0.275. The zero-order valence-corrected chi connectivity index (χ0v) is 8.16. The molecule has 0 amide bonds. The fraction of sp³-hybridized carbons (Fsp3) is 0. The number of hydrazone groups is 1. The van der Waals surface area contributed by atoms with E-state index in [1.807, 2.05) is 0 Å². The van der Waals surface area contributed by atoms with Crippen LogP contribution in [-0.4, -0.2) is 22.4 Å². The highest BCUT2D eigenvalue weighted by molar-refractivity contribution is 6.66. The molecule has 8 heteroatoms. The van der Waals surface area contributed by atoms with Crippen LogP contribution in [0.1, 0.15) is 0 Å². The molecule has 0 saturated heterocycles. The fourth-order valence-electron chi connectivity index (χ4n) is 0.848. The second kappa shape index (κ2) is 4.82. The molecule has 0 atom stereocenters. The predicted molar refractivity (Wildman–Crippen MR) is 59.1 cm³/mol. The van der Waals surface area contributed by atoms with Gasteiger partial charge in [-0.3, -0.25) is 21.2 Å². The first-order valence-corrected chi connectivity index (χ1v) is 4.14. The molecule has 0 unspecified atom stereocenters. The molecule has 1 aromatic rings. The number of halogens is 1. The molecule has 0 fully saturated rings. The Morgan fingerprint density at radius 3 is 2.50 bits per heavy atom. The van der Waals surface area contributed by atoms with Crippen molar-refractivity contribution in [3.05, 3.63) is 24.3 Å². The van der Waals surface area contributed by atoms with E-state index in [0.717, 1.165) is 6.20 Å². The number of amidine groups is 2. The highest BCUT2D eigenvalue weighted by Crippen LogP contribution is 2.10. The molecular formula is C8H10FN7. The highest BCUT2D eigenvalue weighted by Gasteiger charge is 2.07. The molecule has 7 nitrogen and oxygen atoms in total. The number of anilines is 1. The SMILES string of the molecule is N=C(N)C(=NNc1ccncc1F)C(=N)N. The summed E-state index contributed by atoms with van der Waals surface area (Å²) in [6.45, 7) is 0. The van der Waals surface area contributed by atoms with Crippen LogP contribution in [0, 0.1) is 16.6 Å². The van der Waals surface area contributed by atoms with Crippen molar-refractivity contribution in [2.45, 2.75) is 0 Å². The van der Waals surface area contributed by atoms with Crippen molar-refractivity contribution in [3.63, 3.8) is 0 Å². The van der Waals surface area contributed by atoms with Gasteiger partial charge < -0.3 is 11.5 Å². The summed E-state index contributed by atoms with van der Waals surface area (Å²) in [6, 6.07) is 1.34. The highest BCUT2D eigenvalue weighted by atomic mass is 19.1. The Labute approximate surface area is 90.4 Å². The predicted octanol–water partition coefficient (Wildman–Crippen LogP) is -0.139. The van der Waals surface area contributed by atoms with Crippen molar-refractivity contribution < 1.29 is 4.39 Å². The van der Waals surface area contributed by atoms with Gasteiger partial charge in [-0.25, -0.2) is 4.39 Å². The molecular weight excluding hydrogens is 213 g/mol. The minimum absolute atomic E-state index is 0.0509. The molecule has 0 radical (unpaired) electrons. The second-order valence-corrected chi connectivity index (χ2v) is 2.76. The van der Waals surface area contributed by atoms with E-state index < -0.39 is 17.5 Å². The molecule has 0 bridgehead atoms. The number of nitrogens with two attached hydrogens (primary N) is 2. The van der Waals surface area contributed by atoms with Crippen LogP contribution < -0.4 is 16.9 Å². The molecule has 0 aliphatic carbocycles. The number of pyridine rings is 1. The molecule has 16 heavy (non-hydrogen) atoms. The van der Waals surface area contributed by atoms with Gasteiger partial charge in [-0.15, -0.1) is 0 Å². The number of hydrogen-bond acceptors (Lipinski definition) is 5. The van der Waals surface area contributed by atoms with Gasteiger partial charge in [-0.1, -0.05) is 0 Å². The van der Waals surface area contributed by atoms with E-state index in [1.54, 1.807) is 0 Å². The monoisotopic (exact) mass is 223 g/mol. The van der Waals surface area contributed by atoms with Crippen molar-refractivity contribution in [1.82, 2.24) is 4.98 Å². The van der Waals surface area contributed by atoms with Crippen LogP contribution in [0.15, 0.2) is 23.6 Å². The lowest BCUT2D eigenvalue weighted by atomic mass is 10.3. The van der Waals surface area contributed by atoms with Crippen LogP contribution in [0.3, 0.4) is 0 Å². The van der Waals surface area contributed by atoms with E-state index in [0.29, 0.717) is 0 Å². The Hall–Kier alpha value is -2.51. The van der Waals surface area contributed by atoms with Gasteiger partial charge in [0, 0.05) is 6.20 Å². The topological polar surface area (TPSA) is 137 Å². The van der Waals surface area contributed by atoms with Crippen LogP contribution in [0.25, 0.3) is 0 Å². The van der Waals surface area contributed by atoms with E-state index in [-0.39, 0.29) is 11.4 Å². The minimum Gasteiger partial charge on any atom is -0.382 e. The lowest BCUT2D eigenvalue weighted by molar-refractivity contribution is 0.624. The first-order chi connectivity index (χ1) is 7.52. The van der Waals surface area contributed by atoms with E-state index in [9.17, 15) is 4.39 Å². The Morgan fingerprint density at radius 1 is 1.38 bits per heavy atom. The van der Waals surface area contributed by atoms with E-state index in [4.69, 9.17) is 22.3 Å². The van der Waals surface area contributed by atoms with Crippen LogP contribution in [0.4, 0.5) is 10.1 Å². The van der Waals surface area contributed by atoms with Crippen LogP contribution in [0.2, 0.25) is 0 Å². The molecule has 0 aromatic carbocycles. The molecule has 0 aliphatic rings. The number of nitrogens with one attached hydrogen (secondary N) is 3. The first kappa shape index (κ1) is 11.6. The summed E-state index contributed by atoms with van der Waals surface area (Å²) in [5, 5.41) is 17.7. The van der Waals surface area contributed by atoms with E-state index in [1.165, 1.54) is 12.3 Å². The van der Waals surface area contributed by atoms with Gasteiger partial charge in [0.2, 0.25) is 0 Å². The normalized spacial score (nSPS) is 9.31. The lowest BCUT2D eigenvalue weighted by Gasteiger charge is -2.04. The molecule has 1 aromatic heterocycles. The van der Waals surface area contributed by atoms with Crippen molar-refractivity contribution >= 4 is 23.1 Å². The summed E-state index contributed by atoms with van der Waals surface area (Å²) in [5.74, 6) is -1.57. The maximum atomic E-state index is 13.1. The zero-order chi connectivity index (χ0) is 12.1. The summed E-state index contributed by atoms with van der Waals surface area (Å²) in [6.07, 6.45) is 2.36. The van der Waals surface area contributed by atoms with Crippen LogP contribution in [0.5, 0.6) is 0 Å². The van der Waals surface area contributed by atoms with Crippen molar-refractivity contribution in [1.29, 1.82) is 10.8 Å². The lowest BCUT2D eigenvalue weighted by Crippen LogP contribution is -2.35. The second-order valence-electron chi connectivity index (χ2n) is 2.76. The van der Waals surface area contributed by atoms with Gasteiger partial charge in [0.25, 0.3) is 0 Å². The third-order valence-corrected chi connectivity index (χ3v) is 1.57. The van der Waals surface area contributed by atoms with E-state index in [2.05, 4.69) is 15.5 Å². The smallest absolute Gasteiger partial charge is 0.166 e. The van der Waals surface area contributed by atoms with Gasteiger partial charge in [-0.2, -0.15) is 5.10 Å². The summed E-state index contributed by atoms with van der Waals surface area (Å²) in [7, 11) is 0. The van der Waals surface area contributed by atoms with Gasteiger partial charge in [0.1, 0.15) is 11.7 Å². The van der Waals surface area contributed by atoms with Gasteiger partial charge >= 0.3 is 0 Å².